The van der Waals surface area contributed by atoms with Crippen LogP contribution in [0.5, 0.6) is 0 Å². The Morgan fingerprint density at radius 1 is 0.893 bits per heavy atom. The molecule has 3 aromatic carbocycles. The van der Waals surface area contributed by atoms with Crippen LogP contribution in [0, 0.1) is 0 Å². The van der Waals surface area contributed by atoms with Gasteiger partial charge in [0, 0.05) is 29.5 Å². The first-order valence-corrected chi connectivity index (χ1v) is 10.0. The molecule has 1 N–H and O–H groups in total. The van der Waals surface area contributed by atoms with E-state index in [0.29, 0.717) is 11.4 Å². The summed E-state index contributed by atoms with van der Waals surface area (Å²) < 4.78 is 0. The van der Waals surface area contributed by atoms with Gasteiger partial charge in [-0.05, 0) is 65.9 Å². The van der Waals surface area contributed by atoms with Crippen LogP contribution in [-0.4, -0.2) is 19.0 Å². The van der Waals surface area contributed by atoms with Gasteiger partial charge in [-0.3, -0.25) is 4.79 Å². The van der Waals surface area contributed by atoms with Crippen molar-refractivity contribution in [3.63, 3.8) is 0 Å². The number of nitrogens with zero attached hydrogens (tertiary/aromatic N) is 1. The monoisotopic (exact) mass is 390 g/mol. The highest BCUT2D eigenvalue weighted by Gasteiger charge is 2.13. The van der Waals surface area contributed by atoms with E-state index in [0.717, 1.165) is 29.9 Å². The van der Waals surface area contributed by atoms with Crippen molar-refractivity contribution in [1.82, 2.24) is 0 Å². The topological polar surface area (TPSA) is 32.3 Å². The first-order valence-electron chi connectivity index (χ1n) is 9.67. The van der Waals surface area contributed by atoms with Crippen LogP contribution < -0.4 is 10.2 Å². The van der Waals surface area contributed by atoms with Gasteiger partial charge in [0.2, 0.25) is 5.91 Å². The first kappa shape index (κ1) is 18.6. The molecular weight excluding hydrogens is 368 g/mol. The van der Waals surface area contributed by atoms with E-state index >= 15 is 0 Å². The number of hydrogen-bond donors (Lipinski definition) is 1. The van der Waals surface area contributed by atoms with Crippen molar-refractivity contribution in [2.45, 2.75) is 19.3 Å². The van der Waals surface area contributed by atoms with E-state index in [2.05, 4.69) is 40.5 Å². The summed E-state index contributed by atoms with van der Waals surface area (Å²) in [5.41, 5.74) is 5.29. The largest absolute Gasteiger partial charge is 0.372 e. The van der Waals surface area contributed by atoms with Crippen molar-refractivity contribution in [2.24, 2.45) is 0 Å². The molecule has 0 unspecified atom stereocenters. The van der Waals surface area contributed by atoms with E-state index in [-0.39, 0.29) is 5.91 Å². The number of halogens is 1. The van der Waals surface area contributed by atoms with Crippen molar-refractivity contribution in [3.8, 4) is 11.1 Å². The van der Waals surface area contributed by atoms with Gasteiger partial charge in [0.25, 0.3) is 0 Å². The van der Waals surface area contributed by atoms with Gasteiger partial charge in [0.1, 0.15) is 0 Å². The Morgan fingerprint density at radius 3 is 2.32 bits per heavy atom. The minimum absolute atomic E-state index is 0.0368. The molecule has 1 aliphatic rings. The third-order valence-electron chi connectivity index (χ3n) is 5.07. The Hall–Kier alpha value is -2.78. The highest BCUT2D eigenvalue weighted by atomic mass is 35.5. The Morgan fingerprint density at radius 2 is 1.57 bits per heavy atom. The predicted octanol–water partition coefficient (Wildman–Crippen LogP) is 5.79. The summed E-state index contributed by atoms with van der Waals surface area (Å²) in [6.45, 7) is 2.26. The van der Waals surface area contributed by atoms with Crippen molar-refractivity contribution in [2.75, 3.05) is 23.3 Å². The minimum Gasteiger partial charge on any atom is -0.372 e. The van der Waals surface area contributed by atoms with Gasteiger partial charge in [-0.25, -0.2) is 0 Å². The summed E-state index contributed by atoms with van der Waals surface area (Å²) in [7, 11) is 0. The summed E-state index contributed by atoms with van der Waals surface area (Å²) >= 11 is 5.90. The molecule has 0 aromatic heterocycles. The Labute approximate surface area is 171 Å². The molecule has 4 heteroatoms. The molecular formula is C24H23ClN2O. The van der Waals surface area contributed by atoms with Crippen LogP contribution >= 0.6 is 11.6 Å². The van der Waals surface area contributed by atoms with Crippen LogP contribution in [0.3, 0.4) is 0 Å². The van der Waals surface area contributed by atoms with Crippen molar-refractivity contribution < 1.29 is 4.79 Å². The van der Waals surface area contributed by atoms with Gasteiger partial charge < -0.3 is 10.2 Å². The van der Waals surface area contributed by atoms with Gasteiger partial charge in [0.05, 0.1) is 6.42 Å². The van der Waals surface area contributed by atoms with E-state index in [1.54, 1.807) is 12.1 Å². The second-order valence-corrected chi connectivity index (χ2v) is 7.61. The van der Waals surface area contributed by atoms with Crippen LogP contribution in [-0.2, 0) is 11.2 Å². The quantitative estimate of drug-likeness (QED) is 0.598. The fourth-order valence-corrected chi connectivity index (χ4v) is 3.75. The van der Waals surface area contributed by atoms with Crippen LogP contribution in [0.25, 0.3) is 11.1 Å². The highest BCUT2D eigenvalue weighted by molar-refractivity contribution is 6.30. The molecule has 1 aliphatic heterocycles. The number of benzene rings is 3. The molecule has 0 bridgehead atoms. The van der Waals surface area contributed by atoms with Gasteiger partial charge in [0.15, 0.2) is 0 Å². The second kappa shape index (κ2) is 8.49. The zero-order chi connectivity index (χ0) is 19.3. The zero-order valence-electron chi connectivity index (χ0n) is 15.7. The lowest BCUT2D eigenvalue weighted by Crippen LogP contribution is -2.17. The Balaban J connectivity index is 1.47. The minimum atomic E-state index is -0.0368. The molecule has 142 valence electrons. The highest BCUT2D eigenvalue weighted by Crippen LogP contribution is 2.28. The third-order valence-corrected chi connectivity index (χ3v) is 5.33. The summed E-state index contributed by atoms with van der Waals surface area (Å²) in [5, 5.41) is 3.68. The molecule has 1 amide bonds. The van der Waals surface area contributed by atoms with Crippen molar-refractivity contribution >= 4 is 28.9 Å². The predicted molar refractivity (Wildman–Crippen MR) is 117 cm³/mol. The van der Waals surface area contributed by atoms with Crippen molar-refractivity contribution in [1.29, 1.82) is 0 Å². The SMILES string of the molecule is O=C(Cc1ccc(Cl)cc1)Nc1cccc(-c2cccc(N3CCCC3)c2)c1. The molecule has 4 rings (SSSR count). The van der Waals surface area contributed by atoms with Gasteiger partial charge in [-0.15, -0.1) is 0 Å². The maximum absolute atomic E-state index is 12.4. The number of carbonyl (C=O) groups excluding carboxylic acids is 1. The molecule has 3 nitrogen and oxygen atoms in total. The van der Waals surface area contributed by atoms with Gasteiger partial charge in [-0.2, -0.15) is 0 Å². The van der Waals surface area contributed by atoms with E-state index in [9.17, 15) is 4.79 Å². The molecule has 1 fully saturated rings. The van der Waals surface area contributed by atoms with Crippen LogP contribution in [0.1, 0.15) is 18.4 Å². The second-order valence-electron chi connectivity index (χ2n) is 7.18. The average Bonchev–Trinajstić information content (AvgIpc) is 3.25. The number of rotatable bonds is 5. The molecule has 0 aliphatic carbocycles. The van der Waals surface area contributed by atoms with Crippen LogP contribution in [0.4, 0.5) is 11.4 Å². The fraction of sp³-hybridized carbons (Fsp3) is 0.208. The van der Waals surface area contributed by atoms with Crippen LogP contribution in [0.2, 0.25) is 5.02 Å². The summed E-state index contributed by atoms with van der Waals surface area (Å²) in [6.07, 6.45) is 2.85. The van der Waals surface area contributed by atoms with Crippen molar-refractivity contribution in [3.05, 3.63) is 83.4 Å². The maximum atomic E-state index is 12.4. The molecule has 1 heterocycles. The normalized spacial score (nSPS) is 13.5. The lowest BCUT2D eigenvalue weighted by molar-refractivity contribution is -0.115. The zero-order valence-corrected chi connectivity index (χ0v) is 16.5. The van der Waals surface area contributed by atoms with E-state index in [1.807, 2.05) is 30.3 Å². The molecule has 0 atom stereocenters. The van der Waals surface area contributed by atoms with Crippen LogP contribution in [0.15, 0.2) is 72.8 Å². The van der Waals surface area contributed by atoms with E-state index in [1.165, 1.54) is 24.1 Å². The third kappa shape index (κ3) is 4.55. The number of carbonyl (C=O) groups is 1. The molecule has 0 saturated carbocycles. The Bertz CT molecular complexity index is 962. The number of nitrogens with one attached hydrogen (secondary N) is 1. The summed E-state index contributed by atoms with van der Waals surface area (Å²) in [4.78, 5) is 14.8. The number of amides is 1. The lowest BCUT2D eigenvalue weighted by Gasteiger charge is -2.18. The fourth-order valence-electron chi connectivity index (χ4n) is 3.63. The van der Waals surface area contributed by atoms with Gasteiger partial charge >= 0.3 is 0 Å². The molecule has 0 radical (unpaired) electrons. The number of anilines is 2. The van der Waals surface area contributed by atoms with E-state index in [4.69, 9.17) is 11.6 Å². The molecule has 28 heavy (non-hydrogen) atoms. The van der Waals surface area contributed by atoms with Gasteiger partial charge in [-0.1, -0.05) is 48.0 Å². The maximum Gasteiger partial charge on any atom is 0.228 e. The molecule has 3 aromatic rings. The Kier molecular flexibility index (Phi) is 5.63. The standard InChI is InChI=1S/C24H23ClN2O/c25-21-11-9-18(10-12-21)15-24(28)26-22-7-3-5-19(16-22)20-6-4-8-23(17-20)27-13-1-2-14-27/h3-12,16-17H,1-2,13-15H2,(H,26,28). The molecule has 1 saturated heterocycles. The van der Waals surface area contributed by atoms with E-state index < -0.39 is 0 Å². The number of hydrogen-bond acceptors (Lipinski definition) is 2. The summed E-state index contributed by atoms with van der Waals surface area (Å²) in [5.74, 6) is -0.0368. The smallest absolute Gasteiger partial charge is 0.228 e. The first-order chi connectivity index (χ1) is 13.7. The lowest BCUT2D eigenvalue weighted by atomic mass is 10.0. The molecule has 0 spiro atoms. The average molecular weight is 391 g/mol. The summed E-state index contributed by atoms with van der Waals surface area (Å²) in [6, 6.07) is 24.0.